The summed E-state index contributed by atoms with van der Waals surface area (Å²) in [4.78, 5) is 0. The summed E-state index contributed by atoms with van der Waals surface area (Å²) in [5.41, 5.74) is -1.24. The minimum atomic E-state index is -1.07. The van der Waals surface area contributed by atoms with Gasteiger partial charge in [0, 0.05) is 4.47 Å². The van der Waals surface area contributed by atoms with Crippen molar-refractivity contribution in [2.24, 2.45) is 0 Å². The van der Waals surface area contributed by atoms with E-state index in [0.717, 1.165) is 0 Å². The van der Waals surface area contributed by atoms with Gasteiger partial charge in [-0.3, -0.25) is 0 Å². The van der Waals surface area contributed by atoms with Gasteiger partial charge < -0.3 is 15.3 Å². The van der Waals surface area contributed by atoms with Crippen LogP contribution in [0.4, 0.5) is 0 Å². The van der Waals surface area contributed by atoms with Crippen molar-refractivity contribution in [3.05, 3.63) is 33.3 Å². The molecule has 3 N–H and O–H groups in total. The third-order valence-electron chi connectivity index (χ3n) is 3.10. The number of hydrogen-bond acceptors (Lipinski definition) is 3. The molecule has 0 saturated heterocycles. The molecular formula is C15H23BrO3. The molecule has 0 spiro atoms. The maximum Gasteiger partial charge on any atom is 0.0851 e. The Bertz CT molecular complexity index is 439. The van der Waals surface area contributed by atoms with Crippen LogP contribution >= 0.6 is 15.9 Å². The van der Waals surface area contributed by atoms with Crippen LogP contribution in [0.2, 0.25) is 0 Å². The van der Waals surface area contributed by atoms with Crippen molar-refractivity contribution in [2.75, 3.05) is 0 Å². The second-order valence-electron chi connectivity index (χ2n) is 6.56. The Labute approximate surface area is 123 Å². The third-order valence-corrected chi connectivity index (χ3v) is 3.95. The van der Waals surface area contributed by atoms with Crippen LogP contribution in [0.15, 0.2) is 16.6 Å². The van der Waals surface area contributed by atoms with E-state index in [1.165, 1.54) is 0 Å². The molecule has 19 heavy (non-hydrogen) atoms. The SMILES string of the molecule is CC(C)(O)c1cc(C(C)(C)O)c(Br)c(C(C)(C)O)c1. The number of halogens is 1. The predicted octanol–water partition coefficient (Wildman–Crippen LogP) is 3.13. The molecule has 0 bridgehead atoms. The molecule has 0 fully saturated rings. The van der Waals surface area contributed by atoms with Gasteiger partial charge in [0.25, 0.3) is 0 Å². The van der Waals surface area contributed by atoms with Gasteiger partial charge in [-0.05, 0) is 70.4 Å². The van der Waals surface area contributed by atoms with E-state index >= 15 is 0 Å². The fourth-order valence-electron chi connectivity index (χ4n) is 1.87. The van der Waals surface area contributed by atoms with E-state index in [1.54, 1.807) is 53.7 Å². The quantitative estimate of drug-likeness (QED) is 0.797. The van der Waals surface area contributed by atoms with Crippen LogP contribution in [-0.4, -0.2) is 15.3 Å². The predicted molar refractivity (Wildman–Crippen MR) is 79.9 cm³/mol. The summed E-state index contributed by atoms with van der Waals surface area (Å²) >= 11 is 3.45. The first-order valence-electron chi connectivity index (χ1n) is 6.26. The molecule has 0 unspecified atom stereocenters. The van der Waals surface area contributed by atoms with Crippen molar-refractivity contribution in [1.29, 1.82) is 0 Å². The molecule has 4 heteroatoms. The zero-order valence-electron chi connectivity index (χ0n) is 12.4. The van der Waals surface area contributed by atoms with E-state index in [0.29, 0.717) is 21.2 Å². The highest BCUT2D eigenvalue weighted by Gasteiger charge is 2.30. The molecule has 1 rings (SSSR count). The van der Waals surface area contributed by atoms with Gasteiger partial charge in [0.1, 0.15) is 0 Å². The van der Waals surface area contributed by atoms with Gasteiger partial charge in [-0.25, -0.2) is 0 Å². The third kappa shape index (κ3) is 3.78. The van der Waals surface area contributed by atoms with Crippen molar-refractivity contribution in [3.8, 4) is 0 Å². The van der Waals surface area contributed by atoms with Crippen LogP contribution in [0.5, 0.6) is 0 Å². The number of rotatable bonds is 3. The molecular weight excluding hydrogens is 308 g/mol. The van der Waals surface area contributed by atoms with Gasteiger partial charge in [0.2, 0.25) is 0 Å². The summed E-state index contributed by atoms with van der Waals surface area (Å²) in [7, 11) is 0. The summed E-state index contributed by atoms with van der Waals surface area (Å²) in [6.07, 6.45) is 0. The van der Waals surface area contributed by atoms with E-state index in [9.17, 15) is 15.3 Å². The summed E-state index contributed by atoms with van der Waals surface area (Å²) < 4.78 is 0.667. The molecule has 0 radical (unpaired) electrons. The van der Waals surface area contributed by atoms with Crippen molar-refractivity contribution >= 4 is 15.9 Å². The van der Waals surface area contributed by atoms with E-state index in [1.807, 2.05) is 0 Å². The Morgan fingerprint density at radius 3 is 1.26 bits per heavy atom. The van der Waals surface area contributed by atoms with E-state index < -0.39 is 16.8 Å². The Morgan fingerprint density at radius 2 is 1.05 bits per heavy atom. The smallest absolute Gasteiger partial charge is 0.0851 e. The van der Waals surface area contributed by atoms with Crippen LogP contribution in [-0.2, 0) is 16.8 Å². The van der Waals surface area contributed by atoms with Crippen molar-refractivity contribution in [2.45, 2.75) is 58.3 Å². The van der Waals surface area contributed by atoms with Crippen molar-refractivity contribution < 1.29 is 15.3 Å². The second kappa shape index (κ2) is 4.85. The van der Waals surface area contributed by atoms with Crippen molar-refractivity contribution in [1.82, 2.24) is 0 Å². The Balaban J connectivity index is 3.68. The molecule has 1 aromatic carbocycles. The van der Waals surface area contributed by atoms with Crippen molar-refractivity contribution in [3.63, 3.8) is 0 Å². The molecule has 0 amide bonds. The Morgan fingerprint density at radius 1 is 0.737 bits per heavy atom. The molecule has 0 aliphatic heterocycles. The van der Waals surface area contributed by atoms with Crippen LogP contribution in [0.3, 0.4) is 0 Å². The normalized spacial score (nSPS) is 13.8. The van der Waals surface area contributed by atoms with Crippen LogP contribution < -0.4 is 0 Å². The molecule has 1 aromatic rings. The monoisotopic (exact) mass is 330 g/mol. The summed E-state index contributed by atoms with van der Waals surface area (Å²) in [5.74, 6) is 0. The molecule has 0 atom stereocenters. The molecule has 108 valence electrons. The Kier molecular flexibility index (Phi) is 4.24. The first-order chi connectivity index (χ1) is 8.24. The minimum absolute atomic E-state index is 0.643. The van der Waals surface area contributed by atoms with E-state index in [-0.39, 0.29) is 0 Å². The summed E-state index contributed by atoms with van der Waals surface area (Å²) in [6.45, 7) is 10.1. The van der Waals surface area contributed by atoms with Gasteiger partial charge in [0.15, 0.2) is 0 Å². The molecule has 3 nitrogen and oxygen atoms in total. The minimum Gasteiger partial charge on any atom is -0.386 e. The average Bonchev–Trinajstić information content (AvgIpc) is 2.11. The molecule has 0 saturated carbocycles. The fourth-order valence-corrected chi connectivity index (χ4v) is 3.07. The van der Waals surface area contributed by atoms with Crippen LogP contribution in [0.25, 0.3) is 0 Å². The number of benzene rings is 1. The van der Waals surface area contributed by atoms with Gasteiger partial charge in [0.05, 0.1) is 16.8 Å². The van der Waals surface area contributed by atoms with Gasteiger partial charge in [-0.2, -0.15) is 0 Å². The van der Waals surface area contributed by atoms with E-state index in [2.05, 4.69) is 15.9 Å². The van der Waals surface area contributed by atoms with E-state index in [4.69, 9.17) is 0 Å². The molecule has 0 aliphatic rings. The molecule has 0 aliphatic carbocycles. The lowest BCUT2D eigenvalue weighted by Crippen LogP contribution is -2.25. The highest BCUT2D eigenvalue weighted by atomic mass is 79.9. The van der Waals surface area contributed by atoms with Crippen LogP contribution in [0.1, 0.15) is 58.2 Å². The maximum atomic E-state index is 10.3. The highest BCUT2D eigenvalue weighted by molar-refractivity contribution is 9.10. The average molecular weight is 331 g/mol. The zero-order valence-corrected chi connectivity index (χ0v) is 14.0. The molecule has 0 heterocycles. The standard InChI is InChI=1S/C15H23BrO3/c1-13(2,17)9-7-10(14(3,4)18)12(16)11(8-9)15(5,6)19/h7-8,17-19H,1-6H3. The lowest BCUT2D eigenvalue weighted by molar-refractivity contribution is 0.0639. The lowest BCUT2D eigenvalue weighted by atomic mass is 9.85. The number of hydrogen-bond donors (Lipinski definition) is 3. The van der Waals surface area contributed by atoms with Gasteiger partial charge in [-0.1, -0.05) is 15.9 Å². The number of aliphatic hydroxyl groups is 3. The van der Waals surface area contributed by atoms with Gasteiger partial charge >= 0.3 is 0 Å². The largest absolute Gasteiger partial charge is 0.386 e. The first-order valence-corrected chi connectivity index (χ1v) is 7.06. The van der Waals surface area contributed by atoms with Crippen LogP contribution in [0, 0.1) is 0 Å². The summed E-state index contributed by atoms with van der Waals surface area (Å²) in [6, 6.07) is 3.53. The highest BCUT2D eigenvalue weighted by Crippen LogP contribution is 2.39. The lowest BCUT2D eigenvalue weighted by Gasteiger charge is -2.30. The maximum absolute atomic E-state index is 10.3. The van der Waals surface area contributed by atoms with Gasteiger partial charge in [-0.15, -0.1) is 0 Å². The fraction of sp³-hybridized carbons (Fsp3) is 0.600. The topological polar surface area (TPSA) is 60.7 Å². The first kappa shape index (κ1) is 16.6. The Hall–Kier alpha value is -0.420. The summed E-state index contributed by atoms with van der Waals surface area (Å²) in [5, 5.41) is 30.7. The zero-order chi connectivity index (χ0) is 15.2. The molecule has 0 aromatic heterocycles. The second-order valence-corrected chi connectivity index (χ2v) is 7.36.